The summed E-state index contributed by atoms with van der Waals surface area (Å²) < 4.78 is 16.5. The van der Waals surface area contributed by atoms with Crippen LogP contribution in [0.5, 0.6) is 11.5 Å². The minimum atomic E-state index is -0.653. The van der Waals surface area contributed by atoms with Gasteiger partial charge in [0.15, 0.2) is 0 Å². The van der Waals surface area contributed by atoms with Crippen LogP contribution >= 0.6 is 0 Å². The average Bonchev–Trinajstić information content (AvgIpc) is 2.90. The standard InChI is InChI=1S/C28H39N3O5/c1-20(2)26(30-27(32)22-8-10-24(34-4)11-9-22)28(33)29-19-21-6-5-7-25(18-21)36-17-14-31(3)23-12-15-35-16-13-23/h5-11,18,20,23,26H,12-17,19H2,1-4H3,(H,29,33)(H,30,32). The molecule has 1 fully saturated rings. The molecule has 0 saturated carbocycles. The first-order chi connectivity index (χ1) is 17.4. The van der Waals surface area contributed by atoms with Crippen molar-refractivity contribution in [2.75, 3.05) is 40.5 Å². The number of carbonyl (C=O) groups is 2. The highest BCUT2D eigenvalue weighted by Crippen LogP contribution is 2.16. The maximum atomic E-state index is 12.9. The van der Waals surface area contributed by atoms with E-state index in [0.717, 1.165) is 43.9 Å². The first-order valence-electron chi connectivity index (χ1n) is 12.6. The van der Waals surface area contributed by atoms with Crippen LogP contribution < -0.4 is 20.1 Å². The lowest BCUT2D eigenvalue weighted by molar-refractivity contribution is -0.124. The van der Waals surface area contributed by atoms with Gasteiger partial charge in [-0.25, -0.2) is 0 Å². The summed E-state index contributed by atoms with van der Waals surface area (Å²) in [7, 11) is 3.70. The van der Waals surface area contributed by atoms with Crippen molar-refractivity contribution in [1.29, 1.82) is 0 Å². The van der Waals surface area contributed by atoms with Crippen LogP contribution in [0, 0.1) is 5.92 Å². The summed E-state index contributed by atoms with van der Waals surface area (Å²) in [5.74, 6) is 0.844. The number of ether oxygens (including phenoxy) is 3. The molecule has 8 nitrogen and oxygen atoms in total. The van der Waals surface area contributed by atoms with E-state index in [9.17, 15) is 9.59 Å². The molecule has 1 aliphatic rings. The number of carbonyl (C=O) groups excluding carboxylic acids is 2. The quantitative estimate of drug-likeness (QED) is 0.468. The van der Waals surface area contributed by atoms with Gasteiger partial charge >= 0.3 is 0 Å². The Labute approximate surface area is 214 Å². The Balaban J connectivity index is 1.48. The molecule has 2 amide bonds. The van der Waals surface area contributed by atoms with Crippen LogP contribution in [-0.4, -0.2) is 69.3 Å². The van der Waals surface area contributed by atoms with Crippen LogP contribution in [0.3, 0.4) is 0 Å². The van der Waals surface area contributed by atoms with Crippen LogP contribution in [0.2, 0.25) is 0 Å². The third kappa shape index (κ3) is 8.24. The van der Waals surface area contributed by atoms with Crippen molar-refractivity contribution >= 4 is 11.8 Å². The summed E-state index contributed by atoms with van der Waals surface area (Å²) in [6, 6.07) is 14.4. The maximum Gasteiger partial charge on any atom is 0.251 e. The molecule has 1 saturated heterocycles. The third-order valence-corrected chi connectivity index (χ3v) is 6.48. The highest BCUT2D eigenvalue weighted by atomic mass is 16.5. The number of methoxy groups -OCH3 is 1. The lowest BCUT2D eigenvalue weighted by atomic mass is 10.0. The van der Waals surface area contributed by atoms with Gasteiger partial charge in [-0.1, -0.05) is 26.0 Å². The van der Waals surface area contributed by atoms with Crippen molar-refractivity contribution in [1.82, 2.24) is 15.5 Å². The zero-order valence-electron chi connectivity index (χ0n) is 21.8. The molecule has 2 aromatic rings. The Morgan fingerprint density at radius 1 is 1.08 bits per heavy atom. The van der Waals surface area contributed by atoms with E-state index < -0.39 is 6.04 Å². The molecule has 3 rings (SSSR count). The average molecular weight is 498 g/mol. The molecular weight excluding hydrogens is 458 g/mol. The van der Waals surface area contributed by atoms with Gasteiger partial charge in [0.2, 0.25) is 5.91 Å². The number of amides is 2. The molecular formula is C28H39N3O5. The van der Waals surface area contributed by atoms with Gasteiger partial charge in [0.1, 0.15) is 24.1 Å². The minimum Gasteiger partial charge on any atom is -0.497 e. The molecule has 8 heteroatoms. The number of nitrogens with zero attached hydrogens (tertiary/aromatic N) is 1. The van der Waals surface area contributed by atoms with Gasteiger partial charge in [0.05, 0.1) is 7.11 Å². The fourth-order valence-corrected chi connectivity index (χ4v) is 4.16. The van der Waals surface area contributed by atoms with E-state index in [4.69, 9.17) is 14.2 Å². The topological polar surface area (TPSA) is 89.1 Å². The minimum absolute atomic E-state index is 0.0745. The van der Waals surface area contributed by atoms with E-state index in [-0.39, 0.29) is 17.7 Å². The number of rotatable bonds is 12. The van der Waals surface area contributed by atoms with Crippen molar-refractivity contribution in [2.24, 2.45) is 5.92 Å². The van der Waals surface area contributed by atoms with Crippen molar-refractivity contribution in [3.05, 3.63) is 59.7 Å². The Hall–Kier alpha value is -3.10. The molecule has 0 bridgehead atoms. The van der Waals surface area contributed by atoms with Crippen LogP contribution in [0.4, 0.5) is 0 Å². The first-order valence-corrected chi connectivity index (χ1v) is 12.6. The summed E-state index contributed by atoms with van der Waals surface area (Å²) in [5.41, 5.74) is 1.41. The molecule has 196 valence electrons. The van der Waals surface area contributed by atoms with Gasteiger partial charge in [0, 0.05) is 37.9 Å². The van der Waals surface area contributed by atoms with Gasteiger partial charge < -0.3 is 24.8 Å². The fraction of sp³-hybridized carbons (Fsp3) is 0.500. The van der Waals surface area contributed by atoms with Gasteiger partial charge in [-0.15, -0.1) is 0 Å². The molecule has 0 spiro atoms. The van der Waals surface area contributed by atoms with Gasteiger partial charge in [0.25, 0.3) is 5.91 Å². The van der Waals surface area contributed by atoms with Crippen molar-refractivity contribution < 1.29 is 23.8 Å². The van der Waals surface area contributed by atoms with E-state index >= 15 is 0 Å². The molecule has 0 aromatic heterocycles. The van der Waals surface area contributed by atoms with E-state index in [1.165, 1.54) is 0 Å². The molecule has 36 heavy (non-hydrogen) atoms. The second-order valence-electron chi connectivity index (χ2n) is 9.46. The molecule has 1 aliphatic heterocycles. The third-order valence-electron chi connectivity index (χ3n) is 6.48. The predicted molar refractivity (Wildman–Crippen MR) is 139 cm³/mol. The second kappa shape index (κ2) is 13.8. The highest BCUT2D eigenvalue weighted by molar-refractivity contribution is 5.97. The first kappa shape index (κ1) is 27.5. The molecule has 2 N–H and O–H groups in total. The Morgan fingerprint density at radius 2 is 1.81 bits per heavy atom. The van der Waals surface area contributed by atoms with Crippen molar-refractivity contribution in [3.8, 4) is 11.5 Å². The largest absolute Gasteiger partial charge is 0.497 e. The van der Waals surface area contributed by atoms with E-state index in [1.807, 2.05) is 38.1 Å². The Kier molecular flexibility index (Phi) is 10.6. The molecule has 0 radical (unpaired) electrons. The summed E-state index contributed by atoms with van der Waals surface area (Å²) in [5, 5.41) is 5.80. The number of nitrogens with one attached hydrogen (secondary N) is 2. The Morgan fingerprint density at radius 3 is 2.47 bits per heavy atom. The number of hydrogen-bond donors (Lipinski definition) is 2. The lowest BCUT2D eigenvalue weighted by Gasteiger charge is -2.31. The summed E-state index contributed by atoms with van der Waals surface area (Å²) in [6.07, 6.45) is 2.12. The fourth-order valence-electron chi connectivity index (χ4n) is 4.16. The van der Waals surface area contributed by atoms with Gasteiger partial charge in [-0.05, 0) is 67.8 Å². The predicted octanol–water partition coefficient (Wildman–Crippen LogP) is 3.26. The molecule has 1 unspecified atom stereocenters. The van der Waals surface area contributed by atoms with Gasteiger partial charge in [-0.2, -0.15) is 0 Å². The van der Waals surface area contributed by atoms with E-state index in [0.29, 0.717) is 30.5 Å². The Bertz CT molecular complexity index is 973. The number of benzene rings is 2. The van der Waals surface area contributed by atoms with Crippen molar-refractivity contribution in [3.63, 3.8) is 0 Å². The molecule has 1 heterocycles. The zero-order chi connectivity index (χ0) is 25.9. The summed E-state index contributed by atoms with van der Waals surface area (Å²) in [4.78, 5) is 27.9. The van der Waals surface area contributed by atoms with Gasteiger partial charge in [-0.3, -0.25) is 14.5 Å². The normalized spacial score (nSPS) is 14.9. The second-order valence-corrected chi connectivity index (χ2v) is 9.46. The smallest absolute Gasteiger partial charge is 0.251 e. The monoisotopic (exact) mass is 497 g/mol. The lowest BCUT2D eigenvalue weighted by Crippen LogP contribution is -2.49. The van der Waals surface area contributed by atoms with Crippen LogP contribution in [0.25, 0.3) is 0 Å². The molecule has 0 aliphatic carbocycles. The maximum absolute atomic E-state index is 12.9. The summed E-state index contributed by atoms with van der Waals surface area (Å²) >= 11 is 0. The SMILES string of the molecule is COc1ccc(C(=O)NC(C(=O)NCc2cccc(OCCN(C)C3CCOCC3)c2)C(C)C)cc1. The van der Waals surface area contributed by atoms with Crippen LogP contribution in [0.1, 0.15) is 42.6 Å². The molecule has 1 atom stereocenters. The van der Waals surface area contributed by atoms with Crippen molar-refractivity contribution in [2.45, 2.75) is 45.3 Å². The number of likely N-dealkylation sites (N-methyl/N-ethyl adjacent to an activating group) is 1. The number of hydrogen-bond acceptors (Lipinski definition) is 6. The van der Waals surface area contributed by atoms with Crippen LogP contribution in [-0.2, 0) is 16.1 Å². The zero-order valence-corrected chi connectivity index (χ0v) is 21.8. The highest BCUT2D eigenvalue weighted by Gasteiger charge is 2.24. The van der Waals surface area contributed by atoms with E-state index in [1.54, 1.807) is 31.4 Å². The summed E-state index contributed by atoms with van der Waals surface area (Å²) in [6.45, 7) is 7.25. The molecule has 2 aromatic carbocycles. The van der Waals surface area contributed by atoms with Crippen LogP contribution in [0.15, 0.2) is 48.5 Å². The van der Waals surface area contributed by atoms with E-state index in [2.05, 4.69) is 22.6 Å².